The van der Waals surface area contributed by atoms with Crippen LogP contribution in [0.25, 0.3) is 0 Å². The smallest absolute Gasteiger partial charge is 0.329 e. The third kappa shape index (κ3) is 2.68. The minimum Gasteiger partial charge on any atom is -0.396 e. The lowest BCUT2D eigenvalue weighted by molar-refractivity contribution is 0.226. The molecule has 0 amide bonds. The SMILES string of the molecule is CC(CO)C(C)Nc1c(N)n(C)c(=O)[nH]c1=O. The summed E-state index contributed by atoms with van der Waals surface area (Å²) in [4.78, 5) is 25.0. The molecule has 0 bridgehead atoms. The Labute approximate surface area is 98.3 Å². The van der Waals surface area contributed by atoms with Gasteiger partial charge in [-0.05, 0) is 12.8 Å². The number of nitrogens with one attached hydrogen (secondary N) is 2. The molecule has 17 heavy (non-hydrogen) atoms. The summed E-state index contributed by atoms with van der Waals surface area (Å²) in [5.41, 5.74) is 4.74. The largest absolute Gasteiger partial charge is 0.396 e. The Hall–Kier alpha value is -1.76. The van der Waals surface area contributed by atoms with Crippen LogP contribution in [0.2, 0.25) is 0 Å². The number of H-pyrrole nitrogens is 1. The van der Waals surface area contributed by atoms with Crippen LogP contribution in [-0.2, 0) is 7.05 Å². The van der Waals surface area contributed by atoms with Crippen molar-refractivity contribution in [3.8, 4) is 0 Å². The van der Waals surface area contributed by atoms with Gasteiger partial charge in [-0.25, -0.2) is 4.79 Å². The van der Waals surface area contributed by atoms with E-state index in [1.807, 2.05) is 13.8 Å². The topological polar surface area (TPSA) is 113 Å². The predicted molar refractivity (Wildman–Crippen MR) is 66.1 cm³/mol. The number of rotatable bonds is 4. The highest BCUT2D eigenvalue weighted by molar-refractivity contribution is 5.60. The van der Waals surface area contributed by atoms with E-state index < -0.39 is 11.2 Å². The molecule has 7 nitrogen and oxygen atoms in total. The van der Waals surface area contributed by atoms with Crippen LogP contribution in [0, 0.1) is 5.92 Å². The van der Waals surface area contributed by atoms with Gasteiger partial charge in [0.05, 0.1) is 0 Å². The van der Waals surface area contributed by atoms with Crippen molar-refractivity contribution in [1.29, 1.82) is 0 Å². The second kappa shape index (κ2) is 5.05. The van der Waals surface area contributed by atoms with Gasteiger partial charge in [0, 0.05) is 19.7 Å². The standard InChI is InChI=1S/C10H18N4O3/c1-5(4-15)6(2)12-7-8(11)14(3)10(17)13-9(7)16/h5-6,12,15H,4,11H2,1-3H3,(H,13,16,17). The monoisotopic (exact) mass is 242 g/mol. The zero-order valence-electron chi connectivity index (χ0n) is 10.2. The summed E-state index contributed by atoms with van der Waals surface area (Å²) in [6.45, 7) is 3.66. The van der Waals surface area contributed by atoms with Crippen molar-refractivity contribution < 1.29 is 5.11 Å². The van der Waals surface area contributed by atoms with Crippen LogP contribution in [-0.4, -0.2) is 27.3 Å². The van der Waals surface area contributed by atoms with Crippen molar-refractivity contribution in [3.05, 3.63) is 20.8 Å². The van der Waals surface area contributed by atoms with Gasteiger partial charge < -0.3 is 16.2 Å². The Morgan fingerprint density at radius 1 is 1.47 bits per heavy atom. The molecule has 0 fully saturated rings. The van der Waals surface area contributed by atoms with E-state index in [0.29, 0.717) is 0 Å². The highest BCUT2D eigenvalue weighted by Crippen LogP contribution is 2.13. The first-order valence-corrected chi connectivity index (χ1v) is 5.34. The van der Waals surface area contributed by atoms with E-state index in [1.165, 1.54) is 7.05 Å². The first-order valence-electron chi connectivity index (χ1n) is 5.34. The molecular weight excluding hydrogens is 224 g/mol. The van der Waals surface area contributed by atoms with Crippen LogP contribution in [0.5, 0.6) is 0 Å². The molecule has 1 heterocycles. The van der Waals surface area contributed by atoms with Gasteiger partial charge in [0.2, 0.25) is 0 Å². The summed E-state index contributed by atoms with van der Waals surface area (Å²) in [6, 6.07) is -0.138. The molecule has 2 unspecified atom stereocenters. The summed E-state index contributed by atoms with van der Waals surface area (Å²) in [6.07, 6.45) is 0. The van der Waals surface area contributed by atoms with Crippen LogP contribution < -0.4 is 22.3 Å². The fraction of sp³-hybridized carbons (Fsp3) is 0.600. The van der Waals surface area contributed by atoms with Crippen molar-refractivity contribution >= 4 is 11.5 Å². The molecule has 1 aromatic rings. The van der Waals surface area contributed by atoms with Gasteiger partial charge in [-0.3, -0.25) is 14.3 Å². The molecule has 0 aromatic carbocycles. The molecule has 0 saturated carbocycles. The third-order valence-electron chi connectivity index (χ3n) is 2.88. The van der Waals surface area contributed by atoms with Gasteiger partial charge in [0.1, 0.15) is 11.5 Å². The summed E-state index contributed by atoms with van der Waals surface area (Å²) >= 11 is 0. The molecule has 1 rings (SSSR count). The summed E-state index contributed by atoms with van der Waals surface area (Å²) < 4.78 is 1.15. The molecular formula is C10H18N4O3. The normalized spacial score (nSPS) is 14.4. The molecule has 0 aliphatic carbocycles. The van der Waals surface area contributed by atoms with Crippen molar-refractivity contribution in [3.63, 3.8) is 0 Å². The summed E-state index contributed by atoms with van der Waals surface area (Å²) in [7, 11) is 1.47. The molecule has 0 radical (unpaired) electrons. The van der Waals surface area contributed by atoms with Gasteiger partial charge >= 0.3 is 5.69 Å². The van der Waals surface area contributed by atoms with Crippen LogP contribution >= 0.6 is 0 Å². The number of nitrogen functional groups attached to an aromatic ring is 1. The van der Waals surface area contributed by atoms with E-state index in [1.54, 1.807) is 0 Å². The number of aromatic nitrogens is 2. The highest BCUT2D eigenvalue weighted by atomic mass is 16.3. The number of aliphatic hydroxyl groups excluding tert-OH is 1. The van der Waals surface area contributed by atoms with Crippen molar-refractivity contribution in [1.82, 2.24) is 9.55 Å². The first kappa shape index (κ1) is 13.3. The van der Waals surface area contributed by atoms with Crippen LogP contribution in [0.3, 0.4) is 0 Å². The van der Waals surface area contributed by atoms with Crippen LogP contribution in [0.15, 0.2) is 9.59 Å². The molecule has 96 valence electrons. The molecule has 0 spiro atoms. The Bertz CT molecular complexity index is 505. The maximum absolute atomic E-state index is 11.6. The van der Waals surface area contributed by atoms with Crippen molar-refractivity contribution in [2.45, 2.75) is 19.9 Å². The summed E-state index contributed by atoms with van der Waals surface area (Å²) in [5, 5.41) is 11.9. The second-order valence-electron chi connectivity index (χ2n) is 4.17. The Morgan fingerprint density at radius 3 is 2.59 bits per heavy atom. The van der Waals surface area contributed by atoms with E-state index in [4.69, 9.17) is 10.8 Å². The number of nitrogens with zero attached hydrogens (tertiary/aromatic N) is 1. The fourth-order valence-electron chi connectivity index (χ4n) is 1.30. The van der Waals surface area contributed by atoms with Crippen LogP contribution in [0.1, 0.15) is 13.8 Å². The molecule has 0 aliphatic rings. The lowest BCUT2D eigenvalue weighted by Crippen LogP contribution is -2.36. The number of hydrogen-bond donors (Lipinski definition) is 4. The van der Waals surface area contributed by atoms with E-state index in [9.17, 15) is 9.59 Å². The van der Waals surface area contributed by atoms with Gasteiger partial charge in [0.25, 0.3) is 5.56 Å². The lowest BCUT2D eigenvalue weighted by Gasteiger charge is -2.21. The van der Waals surface area contributed by atoms with Crippen molar-refractivity contribution in [2.75, 3.05) is 17.7 Å². The highest BCUT2D eigenvalue weighted by Gasteiger charge is 2.16. The lowest BCUT2D eigenvalue weighted by atomic mass is 10.1. The second-order valence-corrected chi connectivity index (χ2v) is 4.17. The number of nitrogens with two attached hydrogens (primary N) is 1. The minimum absolute atomic E-state index is 0.00224. The maximum atomic E-state index is 11.6. The zero-order chi connectivity index (χ0) is 13.2. The molecule has 0 aliphatic heterocycles. The maximum Gasteiger partial charge on any atom is 0.329 e. The number of aromatic amines is 1. The summed E-state index contributed by atoms with van der Waals surface area (Å²) in [5.74, 6) is 0.0433. The van der Waals surface area contributed by atoms with Gasteiger partial charge in [-0.15, -0.1) is 0 Å². The molecule has 5 N–H and O–H groups in total. The Morgan fingerprint density at radius 2 is 2.06 bits per heavy atom. The van der Waals surface area contributed by atoms with E-state index in [2.05, 4.69) is 10.3 Å². The van der Waals surface area contributed by atoms with Gasteiger partial charge in [-0.2, -0.15) is 0 Å². The van der Waals surface area contributed by atoms with Gasteiger partial charge in [0.15, 0.2) is 0 Å². The van der Waals surface area contributed by atoms with Crippen molar-refractivity contribution in [2.24, 2.45) is 13.0 Å². The number of anilines is 2. The van der Waals surface area contributed by atoms with Gasteiger partial charge in [-0.1, -0.05) is 6.92 Å². The number of aliphatic hydroxyl groups is 1. The first-order chi connectivity index (χ1) is 7.88. The molecule has 7 heteroatoms. The third-order valence-corrected chi connectivity index (χ3v) is 2.88. The molecule has 0 saturated heterocycles. The average molecular weight is 242 g/mol. The molecule has 2 atom stereocenters. The fourth-order valence-corrected chi connectivity index (χ4v) is 1.30. The average Bonchev–Trinajstić information content (AvgIpc) is 2.30. The van der Waals surface area contributed by atoms with E-state index >= 15 is 0 Å². The van der Waals surface area contributed by atoms with E-state index in [-0.39, 0.29) is 30.1 Å². The van der Waals surface area contributed by atoms with E-state index in [0.717, 1.165) is 4.57 Å². The Kier molecular flexibility index (Phi) is 3.95. The van der Waals surface area contributed by atoms with Crippen LogP contribution in [0.4, 0.5) is 11.5 Å². The zero-order valence-corrected chi connectivity index (χ0v) is 10.2. The quantitative estimate of drug-likeness (QED) is 0.545. The Balaban J connectivity index is 3.12. The number of hydrogen-bond acceptors (Lipinski definition) is 5. The molecule has 1 aromatic heterocycles. The minimum atomic E-state index is -0.555. The predicted octanol–water partition coefficient (Wildman–Crippen LogP) is -0.915.